The van der Waals surface area contributed by atoms with Gasteiger partial charge in [0.25, 0.3) is 17.7 Å². The van der Waals surface area contributed by atoms with E-state index in [0.717, 1.165) is 21.6 Å². The highest BCUT2D eigenvalue weighted by Crippen LogP contribution is 2.50. The van der Waals surface area contributed by atoms with Crippen molar-refractivity contribution in [3.8, 4) is 11.3 Å². The third-order valence-electron chi connectivity index (χ3n) is 9.60. The molecule has 2 aromatic heterocycles. The molecule has 262 valence electrons. The Morgan fingerprint density at radius 3 is 2.45 bits per heavy atom. The fourth-order valence-corrected chi connectivity index (χ4v) is 6.90. The van der Waals surface area contributed by atoms with Gasteiger partial charge in [-0.05, 0) is 18.2 Å². The molecule has 1 aromatic carbocycles. The summed E-state index contributed by atoms with van der Waals surface area (Å²) in [6.07, 6.45) is -3.88. The van der Waals surface area contributed by atoms with E-state index in [9.17, 15) is 41.4 Å². The van der Waals surface area contributed by atoms with Crippen LogP contribution in [0, 0.1) is 17.8 Å². The summed E-state index contributed by atoms with van der Waals surface area (Å²) in [7, 11) is 1.33. The first-order valence-electron chi connectivity index (χ1n) is 15.5. The third kappa shape index (κ3) is 6.43. The summed E-state index contributed by atoms with van der Waals surface area (Å²) in [5.41, 5.74) is -1.46. The molecule has 49 heavy (non-hydrogen) atoms. The van der Waals surface area contributed by atoms with E-state index < -0.39 is 53.6 Å². The van der Waals surface area contributed by atoms with Gasteiger partial charge in [-0.25, -0.2) is 18.6 Å². The molecular formula is C30H31ClF5N9O4. The number of β-amino-alcohol motifs (C(OH)–C–C–N with tert-alkyl or cyclic N) is 1. The van der Waals surface area contributed by atoms with Crippen LogP contribution in [0.4, 0.5) is 32.4 Å². The number of benzene rings is 1. The van der Waals surface area contributed by atoms with E-state index in [4.69, 9.17) is 11.6 Å². The number of anilines is 1. The number of halogens is 6. The van der Waals surface area contributed by atoms with Crippen LogP contribution in [0.5, 0.6) is 0 Å². The molecular weight excluding hydrogens is 681 g/mol. The first-order valence-corrected chi connectivity index (χ1v) is 15.9. The second-order valence-electron chi connectivity index (χ2n) is 13.0. The number of fused-ring (bicyclic) bond motifs is 1. The first kappa shape index (κ1) is 33.2. The van der Waals surface area contributed by atoms with E-state index in [2.05, 4.69) is 31.3 Å². The lowest BCUT2D eigenvalue weighted by Crippen LogP contribution is -2.49. The van der Waals surface area contributed by atoms with Gasteiger partial charge in [-0.2, -0.15) is 18.3 Å². The summed E-state index contributed by atoms with van der Waals surface area (Å²) in [6, 6.07) is 3.47. The van der Waals surface area contributed by atoms with Gasteiger partial charge in [0.05, 0.1) is 40.2 Å². The number of imidazole rings is 1. The van der Waals surface area contributed by atoms with Gasteiger partial charge >= 0.3 is 12.2 Å². The minimum absolute atomic E-state index is 0.0369. The van der Waals surface area contributed by atoms with Gasteiger partial charge in [0.2, 0.25) is 0 Å². The monoisotopic (exact) mass is 711 g/mol. The molecule has 2 aliphatic carbocycles. The van der Waals surface area contributed by atoms with Crippen molar-refractivity contribution in [2.75, 3.05) is 31.5 Å². The lowest BCUT2D eigenvalue weighted by Gasteiger charge is -2.24. The van der Waals surface area contributed by atoms with Crippen LogP contribution in [-0.2, 0) is 19.8 Å². The standard InChI is InChI=1S/C30H31ClF5N9O4/c1-43-21(18-12-45(9-13-5-29(13,32)33)42-24(18)30(34,35)36)7-38-25(43)27(48)39-14-2-3-15(19(31)4-14)26(47)41-23-16-10-44(11-17(16)23)28(49)40-20-6-37-8-22(20)46/h2-4,7,12-13,16-17,20,22-23,37,46H,5-6,8-11H2,1H3,(H,39,48)(H,40,49)(H,41,47)/t13?,16-,17+,20-,22-,23?/m1/s1. The van der Waals surface area contributed by atoms with Crippen molar-refractivity contribution in [1.29, 1.82) is 0 Å². The van der Waals surface area contributed by atoms with E-state index in [1.807, 2.05) is 0 Å². The normalized spacial score (nSPS) is 26.7. The number of carbonyl (C=O) groups excluding carboxylic acids is 3. The zero-order valence-corrected chi connectivity index (χ0v) is 26.5. The smallest absolute Gasteiger partial charge is 0.390 e. The predicted molar refractivity (Wildman–Crippen MR) is 163 cm³/mol. The number of alkyl halides is 5. The summed E-state index contributed by atoms with van der Waals surface area (Å²) < 4.78 is 70.2. The highest BCUT2D eigenvalue weighted by Gasteiger charge is 2.58. The first-order chi connectivity index (χ1) is 23.1. The van der Waals surface area contributed by atoms with Crippen molar-refractivity contribution in [2.45, 2.75) is 43.3 Å². The fraction of sp³-hybridized carbons (Fsp3) is 0.500. The average molecular weight is 712 g/mol. The number of hydrogen-bond donors (Lipinski definition) is 5. The molecule has 4 fully saturated rings. The van der Waals surface area contributed by atoms with Crippen molar-refractivity contribution >= 4 is 35.1 Å². The summed E-state index contributed by atoms with van der Waals surface area (Å²) in [6.45, 7) is 1.45. The third-order valence-corrected chi connectivity index (χ3v) is 9.91. The number of piperidine rings is 1. The SMILES string of the molecule is Cn1c(-c2cn(CC3CC3(F)F)nc2C(F)(F)F)cnc1C(=O)Nc1ccc(C(=O)NC2[C@H]3CN(C(=O)N[C@@H]4CNC[C@H]4O)C[C@@H]23)c(Cl)c1. The number of aromatic nitrogens is 4. The van der Waals surface area contributed by atoms with Crippen LogP contribution >= 0.6 is 11.6 Å². The fourth-order valence-electron chi connectivity index (χ4n) is 6.64. The molecule has 2 unspecified atom stereocenters. The number of rotatable bonds is 8. The number of amides is 4. The molecule has 4 heterocycles. The molecule has 7 rings (SSSR count). The highest BCUT2D eigenvalue weighted by atomic mass is 35.5. The van der Waals surface area contributed by atoms with Gasteiger partial charge in [-0.1, -0.05) is 11.6 Å². The topological polar surface area (TPSA) is 158 Å². The van der Waals surface area contributed by atoms with Crippen molar-refractivity contribution in [3.63, 3.8) is 0 Å². The van der Waals surface area contributed by atoms with Crippen LogP contribution in [0.1, 0.15) is 33.1 Å². The quantitative estimate of drug-likeness (QED) is 0.225. The second kappa shape index (κ2) is 11.9. The van der Waals surface area contributed by atoms with E-state index in [1.54, 1.807) is 4.90 Å². The molecule has 19 heteroatoms. The number of hydrogen-bond acceptors (Lipinski definition) is 7. The number of aliphatic hydroxyl groups is 1. The Labute approximate surface area is 280 Å². The van der Waals surface area contributed by atoms with Gasteiger partial charge in [-0.15, -0.1) is 0 Å². The van der Waals surface area contributed by atoms with Crippen molar-refractivity contribution in [1.82, 2.24) is 40.2 Å². The maximum atomic E-state index is 13.8. The van der Waals surface area contributed by atoms with Crippen molar-refractivity contribution in [2.24, 2.45) is 24.8 Å². The van der Waals surface area contributed by atoms with Crippen LogP contribution < -0.4 is 21.3 Å². The predicted octanol–water partition coefficient (Wildman–Crippen LogP) is 2.57. The molecule has 2 saturated carbocycles. The van der Waals surface area contributed by atoms with Crippen molar-refractivity contribution < 1.29 is 41.4 Å². The Bertz CT molecular complexity index is 1820. The van der Waals surface area contributed by atoms with Gasteiger partial charge in [0.15, 0.2) is 11.5 Å². The van der Waals surface area contributed by atoms with Crippen LogP contribution in [0.15, 0.2) is 30.6 Å². The molecule has 2 saturated heterocycles. The van der Waals surface area contributed by atoms with Gasteiger partial charge in [0.1, 0.15) is 0 Å². The van der Waals surface area contributed by atoms with E-state index in [-0.39, 0.29) is 64.3 Å². The number of nitrogens with one attached hydrogen (secondary N) is 4. The number of aliphatic hydroxyl groups excluding tert-OH is 1. The highest BCUT2D eigenvalue weighted by molar-refractivity contribution is 6.34. The number of likely N-dealkylation sites (tertiary alicyclic amines) is 1. The second-order valence-corrected chi connectivity index (χ2v) is 13.4. The number of nitrogens with zero attached hydrogens (tertiary/aromatic N) is 5. The van der Waals surface area contributed by atoms with Crippen LogP contribution in [-0.4, -0.2) is 97.5 Å². The molecule has 0 bridgehead atoms. The Morgan fingerprint density at radius 1 is 1.12 bits per heavy atom. The minimum Gasteiger partial charge on any atom is -0.390 e. The molecule has 13 nitrogen and oxygen atoms in total. The zero-order chi connectivity index (χ0) is 35.0. The Balaban J connectivity index is 0.961. The molecule has 4 aliphatic rings. The summed E-state index contributed by atoms with van der Waals surface area (Å²) in [4.78, 5) is 44.3. The van der Waals surface area contributed by atoms with Crippen LogP contribution in [0.25, 0.3) is 11.3 Å². The molecule has 0 radical (unpaired) electrons. The summed E-state index contributed by atoms with van der Waals surface area (Å²) in [5, 5.41) is 24.8. The lowest BCUT2D eigenvalue weighted by atomic mass is 10.2. The van der Waals surface area contributed by atoms with E-state index in [1.165, 1.54) is 25.2 Å². The summed E-state index contributed by atoms with van der Waals surface area (Å²) >= 11 is 6.39. The Morgan fingerprint density at radius 2 is 1.84 bits per heavy atom. The molecule has 3 aromatic rings. The van der Waals surface area contributed by atoms with Gasteiger partial charge in [-0.3, -0.25) is 14.3 Å². The molecule has 6 atom stereocenters. The van der Waals surface area contributed by atoms with Crippen LogP contribution in [0.2, 0.25) is 5.02 Å². The molecule has 4 amide bonds. The zero-order valence-electron chi connectivity index (χ0n) is 25.8. The van der Waals surface area contributed by atoms with Gasteiger partial charge < -0.3 is 35.8 Å². The maximum absolute atomic E-state index is 13.8. The Hall–Kier alpha value is -4.29. The van der Waals surface area contributed by atoms with Crippen LogP contribution in [0.3, 0.4) is 0 Å². The Kier molecular flexibility index (Phi) is 8.10. The minimum atomic E-state index is -4.89. The lowest BCUT2D eigenvalue weighted by molar-refractivity contribution is -0.141. The number of urea groups is 1. The van der Waals surface area contributed by atoms with E-state index in [0.29, 0.717) is 26.2 Å². The molecule has 0 spiro atoms. The largest absolute Gasteiger partial charge is 0.435 e. The number of carbonyl (C=O) groups is 3. The van der Waals surface area contributed by atoms with Gasteiger partial charge in [0, 0.05) is 81.9 Å². The maximum Gasteiger partial charge on any atom is 0.435 e. The average Bonchev–Trinajstić information content (AvgIpc) is 3.46. The van der Waals surface area contributed by atoms with Crippen molar-refractivity contribution in [3.05, 3.63) is 52.7 Å². The molecule has 5 N–H and O–H groups in total. The van der Waals surface area contributed by atoms with E-state index >= 15 is 0 Å². The molecule has 2 aliphatic heterocycles. The summed E-state index contributed by atoms with van der Waals surface area (Å²) in [5.74, 6) is -5.32.